The van der Waals surface area contributed by atoms with E-state index < -0.39 is 71.9 Å². The molecule has 0 aliphatic carbocycles. The normalized spacial score (nSPS) is 47.8. The van der Waals surface area contributed by atoms with Crippen LogP contribution in [0.25, 0.3) is 0 Å². The fourth-order valence-corrected chi connectivity index (χ4v) is 6.00. The number of aliphatic hydroxyl groups is 5. The largest absolute Gasteiger partial charge is 0.459 e. The summed E-state index contributed by atoms with van der Waals surface area (Å²) in [5.41, 5.74) is -3.21. The number of nitrogens with one attached hydrogen (secondary N) is 1. The van der Waals surface area contributed by atoms with Crippen LogP contribution < -0.4 is 5.32 Å². The number of likely N-dealkylation sites (N-methyl/N-ethyl adjacent to an activating group) is 1. The number of hydrogen-bond acceptors (Lipinski definition) is 11. The van der Waals surface area contributed by atoms with Gasteiger partial charge in [-0.2, -0.15) is 0 Å². The molecule has 13 atom stereocenters. The van der Waals surface area contributed by atoms with Gasteiger partial charge in [0.25, 0.3) is 0 Å². The van der Waals surface area contributed by atoms with E-state index in [9.17, 15) is 30.3 Å². The number of hydrogen-bond donors (Lipinski definition) is 6. The van der Waals surface area contributed by atoms with E-state index in [1.165, 1.54) is 13.8 Å². The maximum absolute atomic E-state index is 13.2. The lowest BCUT2D eigenvalue weighted by Crippen LogP contribution is -2.59. The SMILES string of the molecule is CC[C@H]1OC(=O)[C@H](C)[C@@H](O)[C@H](C)[C@@H](O[C@@H]2O[C@H](C)C[C@H](N(C)C)[C@H]2O)[C@](C)(O)CCCN[C@H](C)[C@@H](O)[C@]1(C)O. The van der Waals surface area contributed by atoms with Crippen molar-refractivity contribution in [3.8, 4) is 0 Å². The Bertz CT molecular complexity index is 780. The minimum atomic E-state index is -1.74. The zero-order chi connectivity index (χ0) is 29.9. The predicted octanol–water partition coefficient (Wildman–Crippen LogP) is 0.387. The first-order valence-corrected chi connectivity index (χ1v) is 14.4. The fraction of sp³-hybridized carbons (Fsp3) is 0.964. The van der Waals surface area contributed by atoms with Gasteiger partial charge in [0.1, 0.15) is 23.9 Å². The lowest BCUT2D eigenvalue weighted by atomic mass is 9.79. The minimum absolute atomic E-state index is 0.206. The second-order valence-corrected chi connectivity index (χ2v) is 12.5. The van der Waals surface area contributed by atoms with Crippen LogP contribution in [0.4, 0.5) is 0 Å². The molecule has 11 heteroatoms. The first kappa shape index (κ1) is 34.3. The van der Waals surface area contributed by atoms with Crippen LogP contribution in [0.3, 0.4) is 0 Å². The Balaban J connectivity index is 2.42. The average Bonchev–Trinajstić information content (AvgIpc) is 2.86. The molecule has 0 bridgehead atoms. The van der Waals surface area contributed by atoms with E-state index in [0.29, 0.717) is 19.4 Å². The predicted molar refractivity (Wildman–Crippen MR) is 146 cm³/mol. The molecule has 0 aromatic carbocycles. The van der Waals surface area contributed by atoms with Gasteiger partial charge in [0.15, 0.2) is 6.29 Å². The van der Waals surface area contributed by atoms with E-state index in [1.807, 2.05) is 25.9 Å². The second-order valence-electron chi connectivity index (χ2n) is 12.5. The monoisotopic (exact) mass is 562 g/mol. The molecule has 0 saturated carbocycles. The molecule has 230 valence electrons. The van der Waals surface area contributed by atoms with Crippen molar-refractivity contribution in [2.24, 2.45) is 11.8 Å². The van der Waals surface area contributed by atoms with Crippen LogP contribution >= 0.6 is 0 Å². The highest BCUT2D eigenvalue weighted by Crippen LogP contribution is 2.35. The summed E-state index contributed by atoms with van der Waals surface area (Å²) in [5.74, 6) is -2.54. The number of cyclic esters (lactones) is 1. The molecule has 0 amide bonds. The summed E-state index contributed by atoms with van der Waals surface area (Å²) < 4.78 is 17.9. The van der Waals surface area contributed by atoms with E-state index in [0.717, 1.165) is 0 Å². The topological polar surface area (TPSA) is 161 Å². The van der Waals surface area contributed by atoms with Crippen LogP contribution in [-0.2, 0) is 19.0 Å². The van der Waals surface area contributed by atoms with Crippen molar-refractivity contribution in [1.82, 2.24) is 10.2 Å². The Labute approximate surface area is 233 Å². The van der Waals surface area contributed by atoms with Gasteiger partial charge in [-0.05, 0) is 80.9 Å². The van der Waals surface area contributed by atoms with E-state index in [2.05, 4.69) is 5.32 Å². The molecule has 39 heavy (non-hydrogen) atoms. The fourth-order valence-electron chi connectivity index (χ4n) is 6.00. The van der Waals surface area contributed by atoms with Crippen LogP contribution in [0.5, 0.6) is 0 Å². The van der Waals surface area contributed by atoms with Crippen molar-refractivity contribution < 1.29 is 44.5 Å². The Morgan fingerprint density at radius 3 is 2.26 bits per heavy atom. The molecule has 0 unspecified atom stereocenters. The minimum Gasteiger partial charge on any atom is -0.459 e. The maximum atomic E-state index is 13.2. The molecular formula is C28H54N2O9. The smallest absolute Gasteiger partial charge is 0.311 e. The standard InChI is InChI=1S/C28H54N2O9/c1-10-20-28(7,36)23(33)18(5)29-13-11-12-27(6,35)24(16(3)21(31)17(4)25(34)38-20)39-26-22(32)19(30(8)9)14-15(2)37-26/h15-24,26,29,31-33,35-36H,10-14H2,1-9H3/t15-,16+,17-,18-,19+,20-,21+,22-,23-,24-,26+,27-,28-/m1/s1. The zero-order valence-corrected chi connectivity index (χ0v) is 25.2. The van der Waals surface area contributed by atoms with Crippen molar-refractivity contribution in [3.05, 3.63) is 0 Å². The molecule has 2 heterocycles. The van der Waals surface area contributed by atoms with Crippen molar-refractivity contribution in [1.29, 1.82) is 0 Å². The van der Waals surface area contributed by atoms with Crippen LogP contribution in [0.2, 0.25) is 0 Å². The lowest BCUT2D eigenvalue weighted by Gasteiger charge is -2.46. The van der Waals surface area contributed by atoms with E-state index >= 15 is 0 Å². The van der Waals surface area contributed by atoms with Gasteiger partial charge < -0.3 is 50.0 Å². The van der Waals surface area contributed by atoms with Crippen molar-refractivity contribution >= 4 is 5.97 Å². The van der Waals surface area contributed by atoms with E-state index in [-0.39, 0.29) is 25.0 Å². The molecule has 0 aromatic rings. The Hall–Kier alpha value is -0.890. The molecule has 2 aliphatic rings. The molecule has 11 nitrogen and oxygen atoms in total. The second kappa shape index (κ2) is 13.8. The molecule has 2 saturated heterocycles. The first-order valence-electron chi connectivity index (χ1n) is 14.4. The van der Waals surface area contributed by atoms with Gasteiger partial charge in [-0.15, -0.1) is 0 Å². The Morgan fingerprint density at radius 1 is 1.08 bits per heavy atom. The van der Waals surface area contributed by atoms with Gasteiger partial charge in [-0.25, -0.2) is 0 Å². The van der Waals surface area contributed by atoms with Crippen molar-refractivity contribution in [3.63, 3.8) is 0 Å². The maximum Gasteiger partial charge on any atom is 0.311 e. The number of nitrogens with zero attached hydrogens (tertiary/aromatic N) is 1. The summed E-state index contributed by atoms with van der Waals surface area (Å²) in [6.07, 6.45) is -5.19. The average molecular weight is 563 g/mol. The van der Waals surface area contributed by atoms with Gasteiger partial charge in [-0.3, -0.25) is 4.79 Å². The highest BCUT2D eigenvalue weighted by Gasteiger charge is 2.48. The van der Waals surface area contributed by atoms with Gasteiger partial charge in [-0.1, -0.05) is 13.8 Å². The number of carbonyl (C=O) groups excluding carboxylic acids is 1. The Kier molecular flexibility index (Phi) is 12.2. The van der Waals surface area contributed by atoms with Crippen LogP contribution in [-0.4, -0.2) is 123 Å². The number of rotatable bonds is 4. The lowest BCUT2D eigenvalue weighted by molar-refractivity contribution is -0.298. The molecule has 2 aliphatic heterocycles. The van der Waals surface area contributed by atoms with Crippen molar-refractivity contribution in [2.45, 2.75) is 140 Å². The number of aliphatic hydroxyl groups excluding tert-OH is 3. The summed E-state index contributed by atoms with van der Waals surface area (Å²) >= 11 is 0. The van der Waals surface area contributed by atoms with Crippen LogP contribution in [0.1, 0.15) is 74.1 Å². The third-order valence-electron chi connectivity index (χ3n) is 8.75. The molecular weight excluding hydrogens is 508 g/mol. The molecule has 6 N–H and O–H groups in total. The Morgan fingerprint density at radius 2 is 1.69 bits per heavy atom. The molecule has 0 radical (unpaired) electrons. The third kappa shape index (κ3) is 8.11. The number of esters is 1. The highest BCUT2D eigenvalue weighted by molar-refractivity contribution is 5.73. The zero-order valence-electron chi connectivity index (χ0n) is 25.2. The number of carbonyl (C=O) groups is 1. The van der Waals surface area contributed by atoms with Crippen LogP contribution in [0, 0.1) is 11.8 Å². The quantitative estimate of drug-likeness (QED) is 0.263. The van der Waals surface area contributed by atoms with Gasteiger partial charge in [0.05, 0.1) is 29.8 Å². The summed E-state index contributed by atoms with van der Waals surface area (Å²) in [6, 6.07) is -0.761. The van der Waals surface area contributed by atoms with Crippen LogP contribution in [0.15, 0.2) is 0 Å². The summed E-state index contributed by atoms with van der Waals surface area (Å²) in [6.45, 7) is 12.0. The molecule has 2 fully saturated rings. The first-order chi connectivity index (χ1) is 17.9. The molecule has 0 spiro atoms. The highest BCUT2D eigenvalue weighted by atomic mass is 16.7. The van der Waals surface area contributed by atoms with E-state index in [4.69, 9.17) is 14.2 Å². The van der Waals surface area contributed by atoms with Gasteiger partial charge in [0.2, 0.25) is 0 Å². The summed E-state index contributed by atoms with van der Waals surface area (Å²) in [5, 5.41) is 59.3. The van der Waals surface area contributed by atoms with Gasteiger partial charge >= 0.3 is 5.97 Å². The van der Waals surface area contributed by atoms with E-state index in [1.54, 1.807) is 27.7 Å². The molecule has 0 aromatic heterocycles. The summed E-state index contributed by atoms with van der Waals surface area (Å²) in [4.78, 5) is 15.1. The van der Waals surface area contributed by atoms with Crippen molar-refractivity contribution in [2.75, 3.05) is 20.6 Å². The van der Waals surface area contributed by atoms with Gasteiger partial charge in [0, 0.05) is 18.0 Å². The molecule has 2 rings (SSSR count). The number of ether oxygens (including phenoxy) is 3. The summed E-state index contributed by atoms with van der Waals surface area (Å²) in [7, 11) is 3.74. The third-order valence-corrected chi connectivity index (χ3v) is 8.75.